The van der Waals surface area contributed by atoms with E-state index in [1.165, 1.54) is 11.8 Å². The van der Waals surface area contributed by atoms with Crippen molar-refractivity contribution in [3.8, 4) is 0 Å². The average Bonchev–Trinajstić information content (AvgIpc) is 1.16. The molecule has 47 valence electrons. The molecule has 1 fully saturated rings. The van der Waals surface area contributed by atoms with Crippen LogP contribution in [-0.4, -0.2) is 18.7 Å². The molecule has 0 aliphatic carbocycles. The van der Waals surface area contributed by atoms with Crippen molar-refractivity contribution in [3.63, 3.8) is 0 Å². The minimum atomic E-state index is -3.79. The van der Waals surface area contributed by atoms with Crippen LogP contribution in [0.25, 0.3) is 0 Å². The summed E-state index contributed by atoms with van der Waals surface area (Å²) in [6, 6.07) is 0. The number of hydrogen-bond donors (Lipinski definition) is 1. The van der Waals surface area contributed by atoms with Gasteiger partial charge >= 0.3 is 0 Å². The van der Waals surface area contributed by atoms with Crippen molar-refractivity contribution in [2.24, 2.45) is 0 Å². The van der Waals surface area contributed by atoms with Gasteiger partial charge in [-0.05, 0) is 12.2 Å². The number of thioether (sulfide) groups is 1. The van der Waals surface area contributed by atoms with Gasteiger partial charge in [0.25, 0.3) is 10.1 Å². The van der Waals surface area contributed by atoms with E-state index in [1.807, 2.05) is 0 Å². The first kappa shape index (κ1) is 6.38. The quantitative estimate of drug-likeness (QED) is 0.557. The maximum Gasteiger partial charge on any atom is 0.282 e. The molecule has 1 radical (unpaired) electrons. The van der Waals surface area contributed by atoms with E-state index < -0.39 is 10.1 Å². The summed E-state index contributed by atoms with van der Waals surface area (Å²) < 4.78 is 28.7. The molecule has 0 amide bonds. The van der Waals surface area contributed by atoms with Crippen molar-refractivity contribution in [2.45, 2.75) is 6.42 Å². The van der Waals surface area contributed by atoms with Gasteiger partial charge in [-0.2, -0.15) is 8.42 Å². The highest BCUT2D eigenvalue weighted by Crippen LogP contribution is 2.39. The molecule has 1 saturated heterocycles. The summed E-state index contributed by atoms with van der Waals surface area (Å²) in [4.78, 5) is 0. The largest absolute Gasteiger partial charge is 0.284 e. The van der Waals surface area contributed by atoms with Crippen molar-refractivity contribution in [2.75, 3.05) is 5.75 Å². The minimum absolute atomic E-state index is 0.206. The second kappa shape index (κ2) is 1.89. The van der Waals surface area contributed by atoms with Gasteiger partial charge < -0.3 is 0 Å². The van der Waals surface area contributed by atoms with Crippen LogP contribution in [0.1, 0.15) is 6.42 Å². The lowest BCUT2D eigenvalue weighted by Crippen LogP contribution is -2.16. The van der Waals surface area contributed by atoms with Crippen LogP contribution in [0, 0.1) is 4.58 Å². The Kier molecular flexibility index (Phi) is 1.51. The van der Waals surface area contributed by atoms with Crippen LogP contribution < -0.4 is 0 Å². The minimum Gasteiger partial charge on any atom is -0.284 e. The molecule has 1 N–H and O–H groups in total. The van der Waals surface area contributed by atoms with Gasteiger partial charge in [-0.25, -0.2) is 0 Å². The van der Waals surface area contributed by atoms with Gasteiger partial charge in [0, 0.05) is 0 Å². The van der Waals surface area contributed by atoms with E-state index in [0.29, 0.717) is 6.42 Å². The maximum atomic E-state index is 10.1. The van der Waals surface area contributed by atoms with Gasteiger partial charge in [0.1, 0.15) is 0 Å². The third-order valence-corrected chi connectivity index (χ3v) is 3.56. The highest BCUT2D eigenvalue weighted by Gasteiger charge is 2.31. The second-order valence-corrected chi connectivity index (χ2v) is 4.34. The molecule has 0 aromatic heterocycles. The van der Waals surface area contributed by atoms with Gasteiger partial charge in [0.15, 0.2) is 4.58 Å². The summed E-state index contributed by atoms with van der Waals surface area (Å²) >= 11 is 1.19. The molecule has 1 aliphatic rings. The smallest absolute Gasteiger partial charge is 0.282 e. The Morgan fingerprint density at radius 3 is 2.12 bits per heavy atom. The van der Waals surface area contributed by atoms with Crippen LogP contribution in [0.4, 0.5) is 0 Å². The summed E-state index contributed by atoms with van der Waals surface area (Å²) in [7, 11) is -3.79. The van der Waals surface area contributed by atoms with Crippen LogP contribution in [0.15, 0.2) is 0 Å². The predicted molar refractivity (Wildman–Crippen MR) is 31.9 cm³/mol. The van der Waals surface area contributed by atoms with E-state index in [2.05, 4.69) is 0 Å². The third-order valence-electron chi connectivity index (χ3n) is 0.857. The molecule has 0 aromatic rings. The summed E-state index contributed by atoms with van der Waals surface area (Å²) in [6.07, 6.45) is 0.517. The van der Waals surface area contributed by atoms with Crippen molar-refractivity contribution < 1.29 is 13.0 Å². The van der Waals surface area contributed by atoms with Crippen molar-refractivity contribution in [1.82, 2.24) is 0 Å². The zero-order valence-electron chi connectivity index (χ0n) is 3.99. The van der Waals surface area contributed by atoms with Crippen LogP contribution in [0.2, 0.25) is 0 Å². The Bertz CT molecular complexity index is 167. The van der Waals surface area contributed by atoms with Gasteiger partial charge in [-0.15, -0.1) is 11.8 Å². The van der Waals surface area contributed by atoms with Gasteiger partial charge in [-0.1, -0.05) is 0 Å². The Morgan fingerprint density at radius 1 is 1.62 bits per heavy atom. The molecule has 0 unspecified atom stereocenters. The Balaban J connectivity index is 2.60. The van der Waals surface area contributed by atoms with Gasteiger partial charge in [-0.3, -0.25) is 4.55 Å². The number of rotatable bonds is 1. The average molecular weight is 153 g/mol. The fourth-order valence-electron chi connectivity index (χ4n) is 0.389. The van der Waals surface area contributed by atoms with Crippen LogP contribution in [0.3, 0.4) is 0 Å². The SMILES string of the molecule is O=S(=O)(O)[C]1CCS1. The lowest BCUT2D eigenvalue weighted by Gasteiger charge is -2.19. The highest BCUT2D eigenvalue weighted by atomic mass is 32.3. The molecule has 0 saturated carbocycles. The second-order valence-electron chi connectivity index (χ2n) is 1.45. The molecular weight excluding hydrogens is 148 g/mol. The first-order valence-corrected chi connectivity index (χ1v) is 4.49. The molecule has 0 bridgehead atoms. The van der Waals surface area contributed by atoms with E-state index >= 15 is 0 Å². The van der Waals surface area contributed by atoms with Crippen LogP contribution in [-0.2, 0) is 10.1 Å². The fourth-order valence-corrected chi connectivity index (χ4v) is 2.11. The standard InChI is InChI=1S/C3H5O3S2/c4-8(5,6)3-1-2-7-3/h1-2H2,(H,4,5,6). The van der Waals surface area contributed by atoms with Crippen molar-refractivity contribution in [3.05, 3.63) is 4.58 Å². The fraction of sp³-hybridized carbons (Fsp3) is 0.667. The van der Waals surface area contributed by atoms with Crippen LogP contribution >= 0.6 is 11.8 Å². The summed E-state index contributed by atoms with van der Waals surface area (Å²) in [5.74, 6) is 0.815. The molecule has 0 aromatic carbocycles. The zero-order chi connectivity index (χ0) is 6.20. The molecule has 1 heterocycles. The van der Waals surface area contributed by atoms with Crippen molar-refractivity contribution in [1.29, 1.82) is 0 Å². The summed E-state index contributed by atoms with van der Waals surface area (Å²) in [5, 5.41) is 0. The maximum absolute atomic E-state index is 10.1. The molecular formula is C3H5O3S2. The first-order valence-electron chi connectivity index (χ1n) is 2.07. The van der Waals surface area contributed by atoms with E-state index in [9.17, 15) is 8.42 Å². The first-order chi connectivity index (χ1) is 3.61. The Labute approximate surface area is 52.2 Å². The molecule has 5 heteroatoms. The molecule has 8 heavy (non-hydrogen) atoms. The molecule has 1 rings (SSSR count). The normalized spacial score (nSPS) is 22.6. The number of hydrogen-bond acceptors (Lipinski definition) is 3. The lowest BCUT2D eigenvalue weighted by molar-refractivity contribution is 0.486. The monoisotopic (exact) mass is 153 g/mol. The van der Waals surface area contributed by atoms with E-state index in [-0.39, 0.29) is 4.58 Å². The summed E-state index contributed by atoms with van der Waals surface area (Å²) in [5.41, 5.74) is 0. The Hall–Kier alpha value is 0.260. The predicted octanol–water partition coefficient (Wildman–Crippen LogP) is 0.501. The van der Waals surface area contributed by atoms with E-state index in [0.717, 1.165) is 5.75 Å². The topological polar surface area (TPSA) is 54.4 Å². The lowest BCUT2D eigenvalue weighted by atomic mass is 10.5. The molecule has 0 atom stereocenters. The van der Waals surface area contributed by atoms with E-state index in [4.69, 9.17) is 4.55 Å². The molecule has 1 aliphatic heterocycles. The Morgan fingerprint density at radius 2 is 2.12 bits per heavy atom. The zero-order valence-corrected chi connectivity index (χ0v) is 5.63. The third kappa shape index (κ3) is 1.15. The van der Waals surface area contributed by atoms with E-state index in [1.54, 1.807) is 0 Å². The van der Waals surface area contributed by atoms with Gasteiger partial charge in [0.2, 0.25) is 0 Å². The van der Waals surface area contributed by atoms with Crippen molar-refractivity contribution >= 4 is 21.9 Å². The van der Waals surface area contributed by atoms with Gasteiger partial charge in [0.05, 0.1) is 0 Å². The molecule has 0 spiro atoms. The molecule has 3 nitrogen and oxygen atoms in total. The summed E-state index contributed by atoms with van der Waals surface area (Å²) in [6.45, 7) is 0. The van der Waals surface area contributed by atoms with Crippen LogP contribution in [0.5, 0.6) is 0 Å². The highest BCUT2D eigenvalue weighted by molar-refractivity contribution is 8.16.